The summed E-state index contributed by atoms with van der Waals surface area (Å²) in [6.07, 6.45) is -6.52. The maximum atomic E-state index is 12.8. The first-order valence-corrected chi connectivity index (χ1v) is 8.58. The largest absolute Gasteiger partial charge is 0.394 e. The minimum absolute atomic E-state index is 0.0899. The highest BCUT2D eigenvalue weighted by Gasteiger charge is 2.60. The normalized spacial score (nSPS) is 31.7. The summed E-state index contributed by atoms with van der Waals surface area (Å²) < 4.78 is 10.3. The highest BCUT2D eigenvalue weighted by molar-refractivity contribution is 6.18. The Bertz CT molecular complexity index is 481. The van der Waals surface area contributed by atoms with Gasteiger partial charge in [0.1, 0.15) is 18.3 Å². The lowest BCUT2D eigenvalue weighted by atomic mass is 9.91. The van der Waals surface area contributed by atoms with Gasteiger partial charge in [-0.15, -0.1) is 16.5 Å². The summed E-state index contributed by atoms with van der Waals surface area (Å²) in [4.78, 5) is 24.5. The Labute approximate surface area is 156 Å². The van der Waals surface area contributed by atoms with E-state index in [2.05, 4.69) is 5.29 Å². The second-order valence-electron chi connectivity index (χ2n) is 6.32. The number of aliphatic hydroxyl groups is 4. The molecule has 0 saturated carbocycles. The van der Waals surface area contributed by atoms with Crippen molar-refractivity contribution in [1.82, 2.24) is 9.91 Å². The van der Waals surface area contributed by atoms with E-state index in [0.717, 1.165) is 12.0 Å². The number of amides is 2. The lowest BCUT2D eigenvalue weighted by molar-refractivity contribution is -0.368. The van der Waals surface area contributed by atoms with Crippen LogP contribution in [0.5, 0.6) is 0 Å². The monoisotopic (exact) mass is 399 g/mol. The lowest BCUT2D eigenvalue weighted by Crippen LogP contribution is -2.75. The van der Waals surface area contributed by atoms with Crippen molar-refractivity contribution in [3.05, 3.63) is 4.91 Å². The molecule has 0 spiro atoms. The van der Waals surface area contributed by atoms with Gasteiger partial charge in [0.2, 0.25) is 12.0 Å². The number of hydrogen-bond donors (Lipinski definition) is 4. The van der Waals surface area contributed by atoms with Crippen LogP contribution in [-0.2, 0) is 9.47 Å². The summed E-state index contributed by atoms with van der Waals surface area (Å²) in [7, 11) is 1.15. The molecule has 152 valence electrons. The van der Waals surface area contributed by atoms with Crippen molar-refractivity contribution >= 4 is 17.6 Å². The van der Waals surface area contributed by atoms with Crippen LogP contribution in [-0.4, -0.2) is 99.4 Å². The zero-order valence-electron chi connectivity index (χ0n) is 14.9. The number of carbonyl (C=O) groups is 1. The molecule has 1 heterocycles. The van der Waals surface area contributed by atoms with Crippen LogP contribution in [0.25, 0.3) is 0 Å². The van der Waals surface area contributed by atoms with Gasteiger partial charge in [-0.25, -0.2) is 4.79 Å². The maximum absolute atomic E-state index is 12.8. The van der Waals surface area contributed by atoms with E-state index in [9.17, 15) is 30.1 Å². The quantitative estimate of drug-likeness (QED) is 0.176. The Morgan fingerprint density at radius 3 is 2.46 bits per heavy atom. The maximum Gasteiger partial charge on any atom is 0.345 e. The van der Waals surface area contributed by atoms with E-state index in [1.165, 1.54) is 0 Å². The number of nitrogens with zero attached hydrogens (tertiary/aromatic N) is 3. The fraction of sp³-hybridized carbons (Fsp3) is 0.929. The summed E-state index contributed by atoms with van der Waals surface area (Å²) in [6, 6.07) is -1.05. The fourth-order valence-electron chi connectivity index (χ4n) is 2.73. The summed E-state index contributed by atoms with van der Waals surface area (Å²) in [6.45, 7) is 2.45. The molecule has 0 bridgehead atoms. The molecule has 0 aliphatic carbocycles. The molecule has 1 aliphatic heterocycles. The van der Waals surface area contributed by atoms with Crippen molar-refractivity contribution in [1.29, 1.82) is 0 Å². The van der Waals surface area contributed by atoms with Gasteiger partial charge < -0.3 is 29.9 Å². The number of methoxy groups -OCH3 is 1. The van der Waals surface area contributed by atoms with Gasteiger partial charge in [0.25, 0.3) is 0 Å². The average molecular weight is 400 g/mol. The Kier molecular flexibility index (Phi) is 8.60. The van der Waals surface area contributed by atoms with E-state index in [-0.39, 0.29) is 24.9 Å². The molecule has 1 fully saturated rings. The summed E-state index contributed by atoms with van der Waals surface area (Å²) in [5.41, 5.74) is -2.55. The Balaban J connectivity index is 3.35. The van der Waals surface area contributed by atoms with Crippen molar-refractivity contribution in [2.24, 2.45) is 11.2 Å². The van der Waals surface area contributed by atoms with Gasteiger partial charge >= 0.3 is 6.03 Å². The molecular weight excluding hydrogens is 374 g/mol. The highest BCUT2D eigenvalue weighted by atomic mass is 35.5. The molecule has 4 N–H and O–H groups in total. The first-order chi connectivity index (χ1) is 12.2. The van der Waals surface area contributed by atoms with Crippen LogP contribution in [0.4, 0.5) is 4.79 Å². The van der Waals surface area contributed by atoms with Crippen LogP contribution >= 0.6 is 11.6 Å². The van der Waals surface area contributed by atoms with Gasteiger partial charge in [-0.1, -0.05) is 13.8 Å². The SMILES string of the molecule is CO[C@H]1O[C@H](CO)[C@@H](O)[C@H](O)[C@@]1(O)N(CC(C)C)C(=O)N(CCCl)N=O. The van der Waals surface area contributed by atoms with Gasteiger partial charge in [-0.2, -0.15) is 5.01 Å². The van der Waals surface area contributed by atoms with Crippen molar-refractivity contribution in [3.8, 4) is 0 Å². The van der Waals surface area contributed by atoms with Crippen LogP contribution in [0.3, 0.4) is 0 Å². The molecule has 0 aromatic rings. The van der Waals surface area contributed by atoms with E-state index in [4.69, 9.17) is 21.1 Å². The minimum Gasteiger partial charge on any atom is -0.394 e. The van der Waals surface area contributed by atoms with E-state index in [1.54, 1.807) is 13.8 Å². The fourth-order valence-corrected chi connectivity index (χ4v) is 2.89. The van der Waals surface area contributed by atoms with E-state index in [0.29, 0.717) is 5.01 Å². The standard InChI is InChI=1S/C14H26ClN3O8/c1-8(2)6-17(13(22)18(16-24)5-4-15)14(23)11(21)10(20)9(7-19)26-12(14)25-3/h8-12,19-21,23H,4-7H2,1-3H3/t9-,10-,11+,12+,14+/m1/s1. The molecule has 11 nitrogen and oxygen atoms in total. The van der Waals surface area contributed by atoms with Gasteiger partial charge in [-0.05, 0) is 5.92 Å². The van der Waals surface area contributed by atoms with E-state index >= 15 is 0 Å². The zero-order valence-corrected chi connectivity index (χ0v) is 15.6. The number of aliphatic hydroxyl groups excluding tert-OH is 3. The number of halogens is 1. The molecule has 26 heavy (non-hydrogen) atoms. The number of carbonyl (C=O) groups excluding carboxylic acids is 1. The van der Waals surface area contributed by atoms with E-state index in [1.807, 2.05) is 0 Å². The van der Waals surface area contributed by atoms with Gasteiger partial charge in [0.05, 0.1) is 18.4 Å². The average Bonchev–Trinajstić information content (AvgIpc) is 2.61. The van der Waals surface area contributed by atoms with Gasteiger partial charge in [0.15, 0.2) is 0 Å². The number of urea groups is 1. The molecule has 0 aromatic heterocycles. The third-order valence-electron chi connectivity index (χ3n) is 4.01. The van der Waals surface area contributed by atoms with E-state index < -0.39 is 43.0 Å². The second-order valence-corrected chi connectivity index (χ2v) is 6.70. The summed E-state index contributed by atoms with van der Waals surface area (Å²) >= 11 is 5.56. The summed E-state index contributed by atoms with van der Waals surface area (Å²) in [5.74, 6) is -0.294. The number of rotatable bonds is 8. The first kappa shape index (κ1) is 23.0. The van der Waals surface area contributed by atoms with Crippen molar-refractivity contribution < 1.29 is 34.7 Å². The van der Waals surface area contributed by atoms with Crippen molar-refractivity contribution in [2.75, 3.05) is 32.7 Å². The number of hydrogen-bond acceptors (Lipinski definition) is 9. The minimum atomic E-state index is -2.55. The van der Waals surface area contributed by atoms with Gasteiger partial charge in [0, 0.05) is 19.5 Å². The molecule has 0 unspecified atom stereocenters. The van der Waals surface area contributed by atoms with Crippen molar-refractivity contribution in [3.63, 3.8) is 0 Å². The first-order valence-electron chi connectivity index (χ1n) is 8.04. The van der Waals surface area contributed by atoms with Crippen LogP contribution < -0.4 is 0 Å². The third-order valence-corrected chi connectivity index (χ3v) is 4.17. The van der Waals surface area contributed by atoms with Gasteiger partial charge in [-0.3, -0.25) is 4.90 Å². The van der Waals surface area contributed by atoms with Crippen LogP contribution in [0.1, 0.15) is 13.8 Å². The summed E-state index contributed by atoms with van der Waals surface area (Å²) in [5, 5.41) is 44.1. The van der Waals surface area contributed by atoms with Crippen LogP contribution in [0, 0.1) is 10.8 Å². The molecule has 1 aliphatic rings. The number of alkyl halides is 1. The Hall–Kier alpha value is -1.08. The Morgan fingerprint density at radius 2 is 2.04 bits per heavy atom. The number of nitroso groups, excluding NO2 is 1. The second kappa shape index (κ2) is 9.74. The highest BCUT2D eigenvalue weighted by Crippen LogP contribution is 2.35. The topological polar surface area (TPSA) is 152 Å². The smallest absolute Gasteiger partial charge is 0.345 e. The lowest BCUT2D eigenvalue weighted by Gasteiger charge is -2.52. The molecule has 1 rings (SSSR count). The third kappa shape index (κ3) is 4.42. The molecule has 5 atom stereocenters. The van der Waals surface area contributed by atoms with Crippen LogP contribution in [0.2, 0.25) is 0 Å². The number of ether oxygens (including phenoxy) is 2. The van der Waals surface area contributed by atoms with Crippen molar-refractivity contribution in [2.45, 2.75) is 44.2 Å². The molecule has 0 aromatic carbocycles. The molecule has 12 heteroatoms. The Morgan fingerprint density at radius 1 is 1.42 bits per heavy atom. The molecule has 1 saturated heterocycles. The molecule has 0 radical (unpaired) electrons. The predicted octanol–water partition coefficient (Wildman–Crippen LogP) is -0.939. The zero-order chi connectivity index (χ0) is 20.1. The van der Waals surface area contributed by atoms with Crippen LogP contribution in [0.15, 0.2) is 5.29 Å². The predicted molar refractivity (Wildman–Crippen MR) is 89.9 cm³/mol. The molecular formula is C14H26ClN3O8. The molecule has 2 amide bonds.